The molecule has 0 spiro atoms. The lowest BCUT2D eigenvalue weighted by Gasteiger charge is -2.33. The first kappa shape index (κ1) is 36.4. The summed E-state index contributed by atoms with van der Waals surface area (Å²) in [6.45, 7) is 4.87. The summed E-state index contributed by atoms with van der Waals surface area (Å²) in [5.74, 6) is 0.0582. The Morgan fingerprint density at radius 2 is 1.45 bits per heavy atom. The molecule has 0 aliphatic rings. The standard InChI is InChI=1S/C41H45N5O5/c1-4-23-46(37-18-12-11-13-31(37)2)39(47)27-45(26-32-19-21-36(22-20-32)50-28-33-14-7-5-8-15-33)40(48)38(24-35-25-42-30-43-35)44(3)41(49)51-29-34-16-9-6-10-17-34/h5-22,25,30,38H,4,23-24,26-29H2,1-3H3,(H,42,43). The Morgan fingerprint density at radius 3 is 2.08 bits per heavy atom. The number of H-pyrrole nitrogens is 1. The molecule has 1 atom stereocenters. The van der Waals surface area contributed by atoms with Crippen LogP contribution in [0.1, 0.15) is 41.3 Å². The topological polar surface area (TPSA) is 108 Å². The normalized spacial score (nSPS) is 11.4. The van der Waals surface area contributed by atoms with Gasteiger partial charge in [-0.1, -0.05) is 97.9 Å². The number of amides is 3. The number of benzene rings is 4. The lowest BCUT2D eigenvalue weighted by Crippen LogP contribution is -2.53. The molecule has 1 aromatic heterocycles. The van der Waals surface area contributed by atoms with Crippen LogP contribution in [-0.4, -0.2) is 63.9 Å². The summed E-state index contributed by atoms with van der Waals surface area (Å²) in [5, 5.41) is 0. The Hall–Kier alpha value is -5.90. The van der Waals surface area contributed by atoms with Gasteiger partial charge in [0, 0.05) is 44.1 Å². The third-order valence-electron chi connectivity index (χ3n) is 8.55. The zero-order chi connectivity index (χ0) is 36.0. The molecule has 1 heterocycles. The number of nitrogens with one attached hydrogen (secondary N) is 1. The second-order valence-corrected chi connectivity index (χ2v) is 12.4. The van der Waals surface area contributed by atoms with Crippen molar-refractivity contribution in [2.24, 2.45) is 0 Å². The summed E-state index contributed by atoms with van der Waals surface area (Å²) in [6, 6.07) is 33.5. The Labute approximate surface area is 299 Å². The highest BCUT2D eigenvalue weighted by atomic mass is 16.6. The van der Waals surface area contributed by atoms with Gasteiger partial charge in [0.1, 0.15) is 31.5 Å². The zero-order valence-electron chi connectivity index (χ0n) is 29.4. The van der Waals surface area contributed by atoms with Gasteiger partial charge in [-0.2, -0.15) is 0 Å². The van der Waals surface area contributed by atoms with E-state index in [1.165, 1.54) is 16.1 Å². The predicted molar refractivity (Wildman–Crippen MR) is 197 cm³/mol. The quantitative estimate of drug-likeness (QED) is 0.120. The highest BCUT2D eigenvalue weighted by Gasteiger charge is 2.34. The number of carbonyl (C=O) groups is 3. The molecule has 5 aromatic rings. The summed E-state index contributed by atoms with van der Waals surface area (Å²) < 4.78 is 11.6. The van der Waals surface area contributed by atoms with Gasteiger partial charge in [-0.25, -0.2) is 9.78 Å². The summed E-state index contributed by atoms with van der Waals surface area (Å²) in [6.07, 6.45) is 3.36. The second kappa shape index (κ2) is 18.2. The number of aryl methyl sites for hydroxylation is 1. The molecule has 10 nitrogen and oxygen atoms in total. The molecule has 0 fully saturated rings. The van der Waals surface area contributed by atoms with Crippen LogP contribution in [0.25, 0.3) is 0 Å². The van der Waals surface area contributed by atoms with Gasteiger partial charge in [0.25, 0.3) is 0 Å². The number of aromatic nitrogens is 2. The van der Waals surface area contributed by atoms with Gasteiger partial charge in [-0.15, -0.1) is 0 Å². The van der Waals surface area contributed by atoms with E-state index in [0.29, 0.717) is 24.6 Å². The van der Waals surface area contributed by atoms with Crippen LogP contribution in [0.2, 0.25) is 0 Å². The molecule has 1 unspecified atom stereocenters. The van der Waals surface area contributed by atoms with Crippen molar-refractivity contribution in [1.82, 2.24) is 19.8 Å². The molecule has 10 heteroatoms. The Kier molecular flexibility index (Phi) is 13.0. The molecule has 51 heavy (non-hydrogen) atoms. The number of rotatable bonds is 16. The van der Waals surface area contributed by atoms with Crippen LogP contribution in [0.5, 0.6) is 5.75 Å². The van der Waals surface area contributed by atoms with Crippen molar-refractivity contribution in [3.63, 3.8) is 0 Å². The fraction of sp³-hybridized carbons (Fsp3) is 0.268. The fourth-order valence-corrected chi connectivity index (χ4v) is 5.74. The molecule has 0 aliphatic heterocycles. The maximum atomic E-state index is 14.7. The molecule has 5 rings (SSSR count). The van der Waals surface area contributed by atoms with Gasteiger partial charge in [0.05, 0.1) is 6.33 Å². The van der Waals surface area contributed by atoms with E-state index in [-0.39, 0.29) is 32.0 Å². The Balaban J connectivity index is 1.41. The Morgan fingerprint density at radius 1 is 0.804 bits per heavy atom. The molecule has 1 N–H and O–H groups in total. The SMILES string of the molecule is CCCN(C(=O)CN(Cc1ccc(OCc2ccccc2)cc1)C(=O)C(Cc1cnc[nH]1)N(C)C(=O)OCc1ccccc1)c1ccccc1C. The van der Waals surface area contributed by atoms with Crippen LogP contribution < -0.4 is 9.64 Å². The van der Waals surface area contributed by atoms with Crippen LogP contribution in [-0.2, 0) is 40.5 Å². The van der Waals surface area contributed by atoms with E-state index < -0.39 is 18.0 Å². The van der Waals surface area contributed by atoms with Crippen LogP contribution in [0, 0.1) is 6.92 Å². The largest absolute Gasteiger partial charge is 0.489 e. The van der Waals surface area contributed by atoms with Gasteiger partial charge in [-0.3, -0.25) is 14.5 Å². The maximum Gasteiger partial charge on any atom is 0.410 e. The molecule has 4 aromatic carbocycles. The first-order valence-electron chi connectivity index (χ1n) is 17.1. The molecule has 3 amide bonds. The molecule has 0 bridgehead atoms. The second-order valence-electron chi connectivity index (χ2n) is 12.4. The number of aromatic amines is 1. The zero-order valence-corrected chi connectivity index (χ0v) is 29.4. The number of likely N-dealkylation sites (N-methyl/N-ethyl adjacent to an activating group) is 1. The Bertz CT molecular complexity index is 1830. The number of ether oxygens (including phenoxy) is 2. The molecule has 0 aliphatic carbocycles. The van der Waals surface area contributed by atoms with Crippen molar-refractivity contribution in [3.05, 3.63) is 150 Å². The molecular formula is C41H45N5O5. The number of anilines is 1. The van der Waals surface area contributed by atoms with Crippen molar-refractivity contribution in [2.45, 2.75) is 52.5 Å². The first-order valence-corrected chi connectivity index (χ1v) is 17.1. The highest BCUT2D eigenvalue weighted by Crippen LogP contribution is 2.22. The minimum absolute atomic E-state index is 0.0538. The molecule has 0 saturated carbocycles. The number of para-hydroxylation sites is 1. The highest BCUT2D eigenvalue weighted by molar-refractivity contribution is 5.98. The third-order valence-corrected chi connectivity index (χ3v) is 8.55. The van der Waals surface area contributed by atoms with Crippen molar-refractivity contribution >= 4 is 23.6 Å². The van der Waals surface area contributed by atoms with Gasteiger partial charge in [0.15, 0.2) is 0 Å². The molecule has 0 radical (unpaired) electrons. The minimum Gasteiger partial charge on any atom is -0.489 e. The summed E-state index contributed by atoms with van der Waals surface area (Å²) >= 11 is 0. The van der Waals surface area contributed by atoms with E-state index in [9.17, 15) is 14.4 Å². The fourth-order valence-electron chi connectivity index (χ4n) is 5.74. The predicted octanol–water partition coefficient (Wildman–Crippen LogP) is 6.95. The number of carbonyl (C=O) groups excluding carboxylic acids is 3. The molecule has 0 saturated heterocycles. The van der Waals surface area contributed by atoms with Gasteiger partial charge >= 0.3 is 6.09 Å². The summed E-state index contributed by atoms with van der Waals surface area (Å²) in [5.41, 5.74) is 5.10. The minimum atomic E-state index is -0.993. The number of hydrogen-bond donors (Lipinski definition) is 1. The van der Waals surface area contributed by atoms with E-state index in [1.807, 2.05) is 123 Å². The van der Waals surface area contributed by atoms with E-state index in [4.69, 9.17) is 9.47 Å². The number of nitrogens with zero attached hydrogens (tertiary/aromatic N) is 4. The first-order chi connectivity index (χ1) is 24.8. The van der Waals surface area contributed by atoms with Crippen LogP contribution >= 0.6 is 0 Å². The lowest BCUT2D eigenvalue weighted by atomic mass is 10.1. The van der Waals surface area contributed by atoms with Crippen molar-refractivity contribution in [2.75, 3.05) is 25.0 Å². The van der Waals surface area contributed by atoms with E-state index in [0.717, 1.165) is 34.4 Å². The van der Waals surface area contributed by atoms with Crippen LogP contribution in [0.4, 0.5) is 10.5 Å². The van der Waals surface area contributed by atoms with E-state index in [2.05, 4.69) is 9.97 Å². The van der Waals surface area contributed by atoms with Gasteiger partial charge in [-0.05, 0) is 53.8 Å². The van der Waals surface area contributed by atoms with E-state index in [1.54, 1.807) is 18.1 Å². The third kappa shape index (κ3) is 10.3. The summed E-state index contributed by atoms with van der Waals surface area (Å²) in [4.78, 5) is 54.0. The number of hydrogen-bond acceptors (Lipinski definition) is 6. The van der Waals surface area contributed by atoms with Gasteiger partial charge in [0.2, 0.25) is 11.8 Å². The maximum absolute atomic E-state index is 14.7. The monoisotopic (exact) mass is 687 g/mol. The van der Waals surface area contributed by atoms with E-state index >= 15 is 0 Å². The molecule has 264 valence electrons. The molecular weight excluding hydrogens is 642 g/mol. The van der Waals surface area contributed by atoms with Crippen molar-refractivity contribution < 1.29 is 23.9 Å². The average Bonchev–Trinajstić information content (AvgIpc) is 3.68. The average molecular weight is 688 g/mol. The van der Waals surface area contributed by atoms with Crippen LogP contribution in [0.3, 0.4) is 0 Å². The van der Waals surface area contributed by atoms with Crippen molar-refractivity contribution in [1.29, 1.82) is 0 Å². The number of imidazole rings is 1. The van der Waals surface area contributed by atoms with Crippen molar-refractivity contribution in [3.8, 4) is 5.75 Å². The summed E-state index contributed by atoms with van der Waals surface area (Å²) in [7, 11) is 1.54. The van der Waals surface area contributed by atoms with Gasteiger partial charge < -0.3 is 24.3 Å². The van der Waals surface area contributed by atoms with Crippen LogP contribution in [0.15, 0.2) is 122 Å². The lowest BCUT2D eigenvalue weighted by molar-refractivity contribution is -0.140. The smallest absolute Gasteiger partial charge is 0.410 e.